The molecule has 8 rings (SSSR count). The predicted molar refractivity (Wildman–Crippen MR) is 257 cm³/mol. The number of carbonyl (C=O) groups excluding carboxylic acids is 3. The van der Waals surface area contributed by atoms with Crippen molar-refractivity contribution in [3.05, 3.63) is 148 Å². The number of aryl methyl sites for hydroxylation is 1. The number of nitrogens with one attached hydrogen (secondary N) is 1. The SMILES string of the molecule is C=C/C=C\C.CC.CCc1cccc(-c2cnc(C(=O)N3CCC(OC4CCN(CC(=O)N5CCN(C(=O)c6cc(Cc7n[nH]c(=O)c8ccccc78)ccc6F)CC5)CC4)CC3)nc2)c1. The number of allylic oxidation sites excluding steroid dienone is 3. The van der Waals surface area contributed by atoms with Crippen molar-refractivity contribution in [3.63, 3.8) is 0 Å². The molecule has 3 aliphatic rings. The van der Waals surface area contributed by atoms with Crippen LogP contribution in [-0.2, 0) is 22.4 Å². The standard InChI is InChI=1S/C45H49FN8O5.C5H8.C2H6/c1-2-30-6-5-7-32(24-30)33-27-47-42(48-28-33)45(58)53-18-14-35(15-19-53)59-34-12-16-51(17-13-34)29-41(55)52-20-22-54(23-21-52)44(57)38-25-31(10-11-39(38)46)26-40-36-8-3-4-9-37(36)43(56)50-49-40;1-3-5-4-2;1-2/h3-11,24-25,27-28,34-35H,2,12-23,26,29H2,1H3,(H,50,56);3-5H,1H2,2H3;1-2H3/b;5-4-;. The summed E-state index contributed by atoms with van der Waals surface area (Å²) in [6.07, 6.45) is 13.6. The average Bonchev–Trinajstić information content (AvgIpc) is 3.37. The van der Waals surface area contributed by atoms with Crippen molar-refractivity contribution >= 4 is 28.5 Å². The van der Waals surface area contributed by atoms with Crippen molar-refractivity contribution in [3.8, 4) is 11.1 Å². The van der Waals surface area contributed by atoms with Crippen LogP contribution < -0.4 is 5.56 Å². The van der Waals surface area contributed by atoms with Gasteiger partial charge in [-0.25, -0.2) is 19.5 Å². The van der Waals surface area contributed by atoms with Crippen LogP contribution in [0.1, 0.15) is 91.2 Å². The molecule has 3 aromatic carbocycles. The number of H-pyrrole nitrogens is 1. The van der Waals surface area contributed by atoms with Crippen molar-refractivity contribution in [1.82, 2.24) is 39.8 Å². The van der Waals surface area contributed by atoms with Crippen molar-refractivity contribution in [1.29, 1.82) is 0 Å². The van der Waals surface area contributed by atoms with E-state index in [-0.39, 0.29) is 41.0 Å². The Balaban J connectivity index is 0.000000965. The number of benzene rings is 3. The zero-order valence-corrected chi connectivity index (χ0v) is 38.8. The first-order valence-corrected chi connectivity index (χ1v) is 23.3. The van der Waals surface area contributed by atoms with Gasteiger partial charge in [0.1, 0.15) is 5.82 Å². The van der Waals surface area contributed by atoms with Gasteiger partial charge < -0.3 is 19.4 Å². The molecule has 14 heteroatoms. The summed E-state index contributed by atoms with van der Waals surface area (Å²) in [7, 11) is 0. The molecule has 3 fully saturated rings. The fourth-order valence-electron chi connectivity index (χ4n) is 8.47. The number of hydrogen-bond donors (Lipinski definition) is 1. The van der Waals surface area contributed by atoms with Crippen LogP contribution in [0.2, 0.25) is 0 Å². The summed E-state index contributed by atoms with van der Waals surface area (Å²) < 4.78 is 21.5. The summed E-state index contributed by atoms with van der Waals surface area (Å²) in [5.41, 5.74) is 4.18. The molecule has 2 aromatic heterocycles. The topological polar surface area (TPSA) is 145 Å². The Morgan fingerprint density at radius 1 is 0.773 bits per heavy atom. The van der Waals surface area contributed by atoms with E-state index in [1.807, 2.05) is 62.1 Å². The maximum Gasteiger partial charge on any atom is 0.291 e. The van der Waals surface area contributed by atoms with Gasteiger partial charge in [-0.2, -0.15) is 5.10 Å². The molecule has 5 aromatic rings. The third-order valence-corrected chi connectivity index (χ3v) is 12.2. The molecular weight excluding hydrogens is 836 g/mol. The highest BCUT2D eigenvalue weighted by Crippen LogP contribution is 2.24. The smallest absolute Gasteiger partial charge is 0.291 e. The van der Waals surface area contributed by atoms with Gasteiger partial charge in [0.2, 0.25) is 11.7 Å². The first-order chi connectivity index (χ1) is 32.1. The van der Waals surface area contributed by atoms with Gasteiger partial charge in [-0.05, 0) is 73.9 Å². The number of fused-ring (bicyclic) bond motifs is 1. The van der Waals surface area contributed by atoms with Crippen LogP contribution in [0, 0.1) is 5.82 Å². The second-order valence-electron chi connectivity index (χ2n) is 16.4. The van der Waals surface area contributed by atoms with E-state index in [0.717, 1.165) is 56.3 Å². The number of halogens is 1. The maximum atomic E-state index is 15.0. The van der Waals surface area contributed by atoms with Crippen LogP contribution in [0.25, 0.3) is 21.9 Å². The number of amides is 3. The van der Waals surface area contributed by atoms with Crippen molar-refractivity contribution < 1.29 is 23.5 Å². The number of hydrogen-bond acceptors (Lipinski definition) is 9. The van der Waals surface area contributed by atoms with E-state index in [4.69, 9.17) is 4.74 Å². The summed E-state index contributed by atoms with van der Waals surface area (Å²) in [5.74, 6) is -0.947. The maximum absolute atomic E-state index is 15.0. The lowest BCUT2D eigenvalue weighted by atomic mass is 10.0. The van der Waals surface area contributed by atoms with Crippen LogP contribution in [-0.4, -0.2) is 129 Å². The van der Waals surface area contributed by atoms with Crippen molar-refractivity contribution in [2.75, 3.05) is 58.9 Å². The highest BCUT2D eigenvalue weighted by Gasteiger charge is 2.31. The van der Waals surface area contributed by atoms with Crippen LogP contribution >= 0.6 is 0 Å². The molecule has 0 unspecified atom stereocenters. The Morgan fingerprint density at radius 3 is 2.05 bits per heavy atom. The van der Waals surface area contributed by atoms with Crippen LogP contribution in [0.3, 0.4) is 0 Å². The van der Waals surface area contributed by atoms with E-state index >= 15 is 4.39 Å². The second-order valence-corrected chi connectivity index (χ2v) is 16.4. The molecule has 0 saturated carbocycles. The fourth-order valence-corrected chi connectivity index (χ4v) is 8.47. The number of piperidine rings is 2. The van der Waals surface area contributed by atoms with E-state index in [2.05, 4.69) is 50.7 Å². The number of rotatable bonds is 11. The lowest BCUT2D eigenvalue weighted by Gasteiger charge is -2.38. The molecule has 66 heavy (non-hydrogen) atoms. The Bertz CT molecular complexity index is 2500. The third kappa shape index (κ3) is 12.7. The number of likely N-dealkylation sites (tertiary alicyclic amines) is 2. The van der Waals surface area contributed by atoms with E-state index in [1.54, 1.807) is 52.5 Å². The monoisotopic (exact) mass is 898 g/mol. The summed E-state index contributed by atoms with van der Waals surface area (Å²) >= 11 is 0. The van der Waals surface area contributed by atoms with E-state index in [0.29, 0.717) is 74.3 Å². The zero-order chi connectivity index (χ0) is 47.0. The molecule has 0 atom stereocenters. The molecule has 0 bridgehead atoms. The molecule has 0 aliphatic carbocycles. The second kappa shape index (κ2) is 24.2. The number of aromatic amines is 1. The average molecular weight is 899 g/mol. The van der Waals surface area contributed by atoms with Gasteiger partial charge in [-0.15, -0.1) is 0 Å². The molecule has 0 spiro atoms. The van der Waals surface area contributed by atoms with E-state index in [1.165, 1.54) is 11.6 Å². The van der Waals surface area contributed by atoms with E-state index < -0.39 is 11.7 Å². The van der Waals surface area contributed by atoms with Gasteiger partial charge >= 0.3 is 0 Å². The molecular formula is C52H63FN8O5. The number of nitrogens with zero attached hydrogens (tertiary/aromatic N) is 7. The van der Waals surface area contributed by atoms with Gasteiger partial charge in [-0.3, -0.25) is 24.1 Å². The van der Waals surface area contributed by atoms with Gasteiger partial charge in [0.25, 0.3) is 17.4 Å². The number of aromatic nitrogens is 4. The quantitative estimate of drug-likeness (QED) is 0.133. The Labute approximate surface area is 387 Å². The molecule has 348 valence electrons. The summed E-state index contributed by atoms with van der Waals surface area (Å²) in [4.78, 5) is 68.4. The first-order valence-electron chi connectivity index (χ1n) is 23.3. The van der Waals surface area contributed by atoms with Crippen LogP contribution in [0.5, 0.6) is 0 Å². The third-order valence-electron chi connectivity index (χ3n) is 12.2. The number of carbonyl (C=O) groups is 3. The summed E-state index contributed by atoms with van der Waals surface area (Å²) in [5, 5.41) is 7.97. The minimum atomic E-state index is -0.606. The summed E-state index contributed by atoms with van der Waals surface area (Å²) in [6.45, 7) is 15.9. The molecule has 3 aliphatic heterocycles. The fraction of sp³-hybridized carbons (Fsp3) is 0.404. The normalized spacial score (nSPS) is 16.0. The molecule has 5 heterocycles. The molecule has 0 radical (unpaired) electrons. The largest absolute Gasteiger partial charge is 0.375 e. The Hall–Kier alpha value is -6.38. The number of ether oxygens (including phenoxy) is 1. The van der Waals surface area contributed by atoms with Gasteiger partial charge in [0, 0.05) is 82.1 Å². The van der Waals surface area contributed by atoms with Gasteiger partial charge in [-0.1, -0.05) is 94.1 Å². The van der Waals surface area contributed by atoms with Gasteiger partial charge in [0.05, 0.1) is 35.4 Å². The lowest BCUT2D eigenvalue weighted by Crippen LogP contribution is -2.53. The van der Waals surface area contributed by atoms with Crippen LogP contribution in [0.15, 0.2) is 109 Å². The predicted octanol–water partition coefficient (Wildman–Crippen LogP) is 7.52. The Kier molecular flexibility index (Phi) is 18.0. The molecule has 3 saturated heterocycles. The molecule has 1 N–H and O–H groups in total. The van der Waals surface area contributed by atoms with Crippen LogP contribution in [0.4, 0.5) is 4.39 Å². The minimum absolute atomic E-state index is 0.0200. The zero-order valence-electron chi connectivity index (χ0n) is 38.8. The number of piperazine rings is 1. The summed E-state index contributed by atoms with van der Waals surface area (Å²) in [6, 6.07) is 19.9. The van der Waals surface area contributed by atoms with Crippen molar-refractivity contribution in [2.45, 2.75) is 78.4 Å². The van der Waals surface area contributed by atoms with Gasteiger partial charge in [0.15, 0.2) is 0 Å². The highest BCUT2D eigenvalue weighted by molar-refractivity contribution is 5.95. The minimum Gasteiger partial charge on any atom is -0.375 e. The van der Waals surface area contributed by atoms with Crippen molar-refractivity contribution in [2.24, 2.45) is 0 Å². The Morgan fingerprint density at radius 2 is 1.41 bits per heavy atom. The molecule has 13 nitrogen and oxygen atoms in total. The van der Waals surface area contributed by atoms with E-state index in [9.17, 15) is 19.2 Å². The first kappa shape index (κ1) is 49.1. The lowest BCUT2D eigenvalue weighted by molar-refractivity contribution is -0.135. The molecule has 3 amide bonds. The highest BCUT2D eigenvalue weighted by atomic mass is 19.1.